The van der Waals surface area contributed by atoms with Gasteiger partial charge in [0.05, 0.1) is 22.8 Å². The molecule has 3 rings (SSSR count). The maximum absolute atomic E-state index is 13.2. The highest BCUT2D eigenvalue weighted by Crippen LogP contribution is 2.45. The predicted octanol–water partition coefficient (Wildman–Crippen LogP) is 2.29. The van der Waals surface area contributed by atoms with Crippen molar-refractivity contribution in [3.63, 3.8) is 0 Å². The Bertz CT molecular complexity index is 688. The van der Waals surface area contributed by atoms with Gasteiger partial charge in [-0.3, -0.25) is 4.79 Å². The number of benzene rings is 1. The zero-order valence-corrected chi connectivity index (χ0v) is 12.5. The Morgan fingerprint density at radius 1 is 1.17 bits per heavy atom. The van der Waals surface area contributed by atoms with Gasteiger partial charge in [0.2, 0.25) is 0 Å². The van der Waals surface area contributed by atoms with Crippen LogP contribution >= 0.6 is 0 Å². The number of fused-ring (bicyclic) bond motifs is 2. The maximum atomic E-state index is 13.2. The Labute approximate surface area is 135 Å². The third-order valence-corrected chi connectivity index (χ3v) is 4.91. The number of rotatable bonds is 3. The molecule has 0 aliphatic heterocycles. The molecule has 2 bridgehead atoms. The second-order valence-corrected chi connectivity index (χ2v) is 6.45. The lowest BCUT2D eigenvalue weighted by molar-refractivity contribution is -0.138. The molecule has 2 fully saturated rings. The molecular formula is C16H16F3NO4. The fourth-order valence-electron chi connectivity index (χ4n) is 3.84. The van der Waals surface area contributed by atoms with E-state index >= 15 is 0 Å². The number of halogens is 3. The molecule has 0 unspecified atom stereocenters. The van der Waals surface area contributed by atoms with Gasteiger partial charge in [0.15, 0.2) is 0 Å². The molecule has 5 nitrogen and oxygen atoms in total. The summed E-state index contributed by atoms with van der Waals surface area (Å²) < 4.78 is 39.5. The predicted molar refractivity (Wildman–Crippen MR) is 76.5 cm³/mol. The van der Waals surface area contributed by atoms with E-state index in [1.165, 1.54) is 0 Å². The van der Waals surface area contributed by atoms with E-state index in [0.717, 1.165) is 18.6 Å². The number of carbonyl (C=O) groups excluding carboxylic acids is 1. The fourth-order valence-corrected chi connectivity index (χ4v) is 3.84. The number of carbonyl (C=O) groups is 2. The van der Waals surface area contributed by atoms with Gasteiger partial charge in [-0.15, -0.1) is 0 Å². The van der Waals surface area contributed by atoms with Crippen LogP contribution in [0.5, 0.6) is 0 Å². The minimum Gasteiger partial charge on any atom is -0.478 e. The van der Waals surface area contributed by atoms with Gasteiger partial charge < -0.3 is 15.5 Å². The molecule has 1 amide bonds. The summed E-state index contributed by atoms with van der Waals surface area (Å²) in [4.78, 5) is 23.2. The highest BCUT2D eigenvalue weighted by molar-refractivity contribution is 5.98. The third-order valence-electron chi connectivity index (χ3n) is 4.91. The molecule has 0 saturated heterocycles. The van der Waals surface area contributed by atoms with Gasteiger partial charge in [-0.05, 0) is 43.4 Å². The average molecular weight is 343 g/mol. The first-order chi connectivity index (χ1) is 11.2. The highest BCUT2D eigenvalue weighted by atomic mass is 19.4. The van der Waals surface area contributed by atoms with E-state index in [9.17, 15) is 27.9 Å². The molecule has 0 radical (unpaired) electrons. The van der Waals surface area contributed by atoms with Gasteiger partial charge in [0.1, 0.15) is 0 Å². The summed E-state index contributed by atoms with van der Waals surface area (Å²) in [6, 6.07) is 1.96. The van der Waals surface area contributed by atoms with Gasteiger partial charge in [0, 0.05) is 12.0 Å². The lowest BCUT2D eigenvalue weighted by Crippen LogP contribution is -2.43. The highest BCUT2D eigenvalue weighted by Gasteiger charge is 2.46. The van der Waals surface area contributed by atoms with Crippen LogP contribution in [-0.2, 0) is 6.18 Å². The fraction of sp³-hybridized carbons (Fsp3) is 0.500. The molecule has 2 aliphatic carbocycles. The van der Waals surface area contributed by atoms with Crippen LogP contribution in [0.1, 0.15) is 45.5 Å². The second-order valence-electron chi connectivity index (χ2n) is 6.45. The molecule has 1 aromatic rings. The summed E-state index contributed by atoms with van der Waals surface area (Å²) >= 11 is 0. The Kier molecular flexibility index (Phi) is 4.03. The standard InChI is InChI=1S/C16H16F3NO4/c17-16(18,19)11-6-8(15(23)24)1-2-9(11)14(22)20-12-4-7-3-10(12)13(21)5-7/h1-2,6-7,10,12-13,21H,3-5H2,(H,20,22)(H,23,24)/t7-,10+,12-,13+/m0/s1. The molecular weight excluding hydrogens is 327 g/mol. The number of nitrogens with one attached hydrogen (secondary N) is 1. The first kappa shape index (κ1) is 16.8. The van der Waals surface area contributed by atoms with Crippen LogP contribution in [0.15, 0.2) is 18.2 Å². The molecule has 0 heterocycles. The summed E-state index contributed by atoms with van der Waals surface area (Å²) in [5, 5.41) is 21.3. The van der Waals surface area contributed by atoms with Crippen LogP contribution in [0.3, 0.4) is 0 Å². The normalized spacial score (nSPS) is 28.8. The van der Waals surface area contributed by atoms with Gasteiger partial charge in [-0.25, -0.2) is 4.79 Å². The van der Waals surface area contributed by atoms with Crippen molar-refractivity contribution in [1.82, 2.24) is 5.32 Å². The minimum atomic E-state index is -4.84. The number of hydrogen-bond donors (Lipinski definition) is 3. The SMILES string of the molecule is O=C(O)c1ccc(C(=O)N[C@H]2C[C@@H]3C[C@H]2[C@H](O)C3)c(C(F)(F)F)c1. The molecule has 0 spiro atoms. The second kappa shape index (κ2) is 5.77. The number of aliphatic hydroxyl groups is 1. The number of carboxylic acids is 1. The van der Waals surface area contributed by atoms with Crippen molar-refractivity contribution in [1.29, 1.82) is 0 Å². The Hall–Kier alpha value is -2.09. The van der Waals surface area contributed by atoms with Crippen molar-refractivity contribution in [2.45, 2.75) is 37.6 Å². The number of aromatic carboxylic acids is 1. The van der Waals surface area contributed by atoms with Crippen LogP contribution < -0.4 is 5.32 Å². The first-order valence-electron chi connectivity index (χ1n) is 7.60. The van der Waals surface area contributed by atoms with Crippen molar-refractivity contribution in [2.75, 3.05) is 0 Å². The van der Waals surface area contributed by atoms with E-state index in [0.29, 0.717) is 18.9 Å². The summed E-state index contributed by atoms with van der Waals surface area (Å²) in [5.41, 5.74) is -2.41. The van der Waals surface area contributed by atoms with Crippen molar-refractivity contribution >= 4 is 11.9 Å². The molecule has 2 saturated carbocycles. The van der Waals surface area contributed by atoms with Crippen molar-refractivity contribution in [3.8, 4) is 0 Å². The molecule has 3 N–H and O–H groups in total. The molecule has 0 aromatic heterocycles. The van der Waals surface area contributed by atoms with Crippen molar-refractivity contribution in [3.05, 3.63) is 34.9 Å². The van der Waals surface area contributed by atoms with Crippen LogP contribution in [0, 0.1) is 11.8 Å². The first-order valence-corrected chi connectivity index (χ1v) is 7.60. The minimum absolute atomic E-state index is 0.133. The Morgan fingerprint density at radius 2 is 1.88 bits per heavy atom. The molecule has 4 atom stereocenters. The summed E-state index contributed by atoms with van der Waals surface area (Å²) in [5.74, 6) is -2.24. The lowest BCUT2D eigenvalue weighted by atomic mass is 9.92. The smallest absolute Gasteiger partial charge is 0.417 e. The van der Waals surface area contributed by atoms with Crippen LogP contribution in [0.2, 0.25) is 0 Å². The largest absolute Gasteiger partial charge is 0.478 e. The number of hydrogen-bond acceptors (Lipinski definition) is 3. The number of alkyl halides is 3. The maximum Gasteiger partial charge on any atom is 0.417 e. The quantitative estimate of drug-likeness (QED) is 0.786. The molecule has 24 heavy (non-hydrogen) atoms. The van der Waals surface area contributed by atoms with Crippen LogP contribution in [-0.4, -0.2) is 34.2 Å². The van der Waals surface area contributed by atoms with Crippen LogP contribution in [0.4, 0.5) is 13.2 Å². The van der Waals surface area contributed by atoms with E-state index in [2.05, 4.69) is 5.32 Å². The lowest BCUT2D eigenvalue weighted by Gasteiger charge is -2.27. The molecule has 1 aromatic carbocycles. The van der Waals surface area contributed by atoms with E-state index in [1.807, 2.05) is 0 Å². The Morgan fingerprint density at radius 3 is 2.42 bits per heavy atom. The third kappa shape index (κ3) is 2.98. The Balaban J connectivity index is 1.85. The zero-order chi connectivity index (χ0) is 17.6. The zero-order valence-electron chi connectivity index (χ0n) is 12.5. The summed E-state index contributed by atoms with van der Waals surface area (Å²) in [7, 11) is 0. The number of aliphatic hydroxyl groups excluding tert-OH is 1. The molecule has 130 valence electrons. The van der Waals surface area contributed by atoms with Gasteiger partial charge in [0.25, 0.3) is 5.91 Å². The van der Waals surface area contributed by atoms with Gasteiger partial charge >= 0.3 is 12.1 Å². The van der Waals surface area contributed by atoms with Crippen molar-refractivity contribution < 1.29 is 33.0 Å². The van der Waals surface area contributed by atoms with E-state index < -0.39 is 40.8 Å². The molecule has 2 aliphatic rings. The summed E-state index contributed by atoms with van der Waals surface area (Å²) in [6.07, 6.45) is -3.31. The molecule has 8 heteroatoms. The monoisotopic (exact) mass is 343 g/mol. The summed E-state index contributed by atoms with van der Waals surface area (Å²) in [6.45, 7) is 0. The van der Waals surface area contributed by atoms with Gasteiger partial charge in [-0.1, -0.05) is 0 Å². The van der Waals surface area contributed by atoms with Gasteiger partial charge in [-0.2, -0.15) is 13.2 Å². The van der Waals surface area contributed by atoms with E-state index in [4.69, 9.17) is 5.11 Å². The van der Waals surface area contributed by atoms with Crippen LogP contribution in [0.25, 0.3) is 0 Å². The van der Waals surface area contributed by atoms with Crippen molar-refractivity contribution in [2.24, 2.45) is 11.8 Å². The number of amides is 1. The topological polar surface area (TPSA) is 86.6 Å². The van der Waals surface area contributed by atoms with E-state index in [-0.39, 0.29) is 17.9 Å². The average Bonchev–Trinajstić information content (AvgIpc) is 3.04. The van der Waals surface area contributed by atoms with E-state index in [1.54, 1.807) is 0 Å². The number of carboxylic acid groups (broad SMARTS) is 1.